The third-order valence-corrected chi connectivity index (χ3v) is 4.37. The normalized spacial score (nSPS) is 10.2. The smallest absolute Gasteiger partial charge is 0.319 e. The van der Waals surface area contributed by atoms with Gasteiger partial charge in [-0.05, 0) is 55.8 Å². The molecule has 0 aromatic heterocycles. The molecule has 144 valence electrons. The van der Waals surface area contributed by atoms with Crippen molar-refractivity contribution in [2.75, 3.05) is 25.0 Å². The van der Waals surface area contributed by atoms with Crippen LogP contribution in [-0.4, -0.2) is 31.6 Å². The second kappa shape index (κ2) is 10.0. The largest absolute Gasteiger partial charge is 0.494 e. The molecule has 6 nitrogen and oxygen atoms in total. The van der Waals surface area contributed by atoms with Crippen LogP contribution in [0.5, 0.6) is 5.75 Å². The van der Waals surface area contributed by atoms with E-state index in [1.165, 1.54) is 6.07 Å². The number of nitrogens with one attached hydrogen (secondary N) is 3. The first-order valence-corrected chi connectivity index (χ1v) is 9.18. The summed E-state index contributed by atoms with van der Waals surface area (Å²) >= 11 is 11.7. The topological polar surface area (TPSA) is 79.5 Å². The Morgan fingerprint density at radius 3 is 2.41 bits per heavy atom. The molecule has 0 aliphatic rings. The first kappa shape index (κ1) is 20.9. The van der Waals surface area contributed by atoms with Crippen molar-refractivity contribution in [3.05, 3.63) is 57.6 Å². The molecule has 0 heterocycles. The van der Waals surface area contributed by atoms with Gasteiger partial charge in [0, 0.05) is 24.3 Å². The molecule has 0 aliphatic carbocycles. The number of benzene rings is 2. The summed E-state index contributed by atoms with van der Waals surface area (Å²) in [7, 11) is 0. The zero-order valence-electron chi connectivity index (χ0n) is 15.1. The molecule has 0 bridgehead atoms. The number of urea groups is 1. The first-order valence-electron chi connectivity index (χ1n) is 8.42. The van der Waals surface area contributed by atoms with Crippen LogP contribution in [0, 0.1) is 6.92 Å². The van der Waals surface area contributed by atoms with E-state index in [9.17, 15) is 9.59 Å². The highest BCUT2D eigenvalue weighted by atomic mass is 35.5. The van der Waals surface area contributed by atoms with Crippen LogP contribution in [0.15, 0.2) is 36.4 Å². The van der Waals surface area contributed by atoms with Crippen LogP contribution in [0.25, 0.3) is 0 Å². The van der Waals surface area contributed by atoms with Gasteiger partial charge in [0.05, 0.1) is 16.7 Å². The molecule has 0 saturated carbocycles. The quantitative estimate of drug-likeness (QED) is 0.597. The van der Waals surface area contributed by atoms with Gasteiger partial charge < -0.3 is 20.7 Å². The van der Waals surface area contributed by atoms with Crippen LogP contribution in [-0.2, 0) is 0 Å². The standard InChI is InChI=1S/C19H21Cl2N3O3/c1-3-27-14-5-7-17(12(2)10-14)24-19(26)23-9-8-22-18(25)13-4-6-15(20)16(21)11-13/h4-7,10-11H,3,8-9H2,1-2H3,(H,22,25)(H2,23,24,26). The number of rotatable bonds is 7. The minimum Gasteiger partial charge on any atom is -0.494 e. The van der Waals surface area contributed by atoms with Crippen molar-refractivity contribution < 1.29 is 14.3 Å². The predicted molar refractivity (Wildman–Crippen MR) is 108 cm³/mol. The highest BCUT2D eigenvalue weighted by Gasteiger charge is 2.08. The van der Waals surface area contributed by atoms with Gasteiger partial charge in [-0.3, -0.25) is 4.79 Å². The zero-order chi connectivity index (χ0) is 19.8. The van der Waals surface area contributed by atoms with Crippen molar-refractivity contribution in [2.24, 2.45) is 0 Å². The fourth-order valence-electron chi connectivity index (χ4n) is 2.29. The lowest BCUT2D eigenvalue weighted by Crippen LogP contribution is -2.36. The predicted octanol–water partition coefficient (Wildman–Crippen LogP) is 4.25. The summed E-state index contributed by atoms with van der Waals surface area (Å²) in [5.74, 6) is 0.462. The maximum atomic E-state index is 12.0. The molecule has 8 heteroatoms. The Bertz CT molecular complexity index is 828. The lowest BCUT2D eigenvalue weighted by atomic mass is 10.2. The molecular weight excluding hydrogens is 389 g/mol. The second-order valence-corrected chi connectivity index (χ2v) is 6.49. The van der Waals surface area contributed by atoms with Gasteiger partial charge in [0.15, 0.2) is 0 Å². The average molecular weight is 410 g/mol. The van der Waals surface area contributed by atoms with E-state index in [-0.39, 0.29) is 25.0 Å². The molecule has 0 saturated heterocycles. The van der Waals surface area contributed by atoms with Crippen LogP contribution in [0.3, 0.4) is 0 Å². The summed E-state index contributed by atoms with van der Waals surface area (Å²) in [4.78, 5) is 24.0. The summed E-state index contributed by atoms with van der Waals surface area (Å²) in [5, 5.41) is 8.84. The lowest BCUT2D eigenvalue weighted by Gasteiger charge is -2.12. The fraction of sp³-hybridized carbons (Fsp3) is 0.263. The molecule has 3 N–H and O–H groups in total. The Labute approximate surface area is 168 Å². The minimum absolute atomic E-state index is 0.273. The van der Waals surface area contributed by atoms with Crippen molar-refractivity contribution in [3.63, 3.8) is 0 Å². The van der Waals surface area contributed by atoms with Gasteiger partial charge in [-0.1, -0.05) is 23.2 Å². The van der Waals surface area contributed by atoms with E-state index in [0.717, 1.165) is 11.3 Å². The Balaban J connectivity index is 1.76. The van der Waals surface area contributed by atoms with Crippen LogP contribution >= 0.6 is 23.2 Å². The minimum atomic E-state index is -0.356. The van der Waals surface area contributed by atoms with Gasteiger partial charge in [-0.2, -0.15) is 0 Å². The maximum absolute atomic E-state index is 12.0. The molecule has 0 spiro atoms. The van der Waals surface area contributed by atoms with E-state index < -0.39 is 0 Å². The molecule has 2 aromatic rings. The van der Waals surface area contributed by atoms with E-state index in [1.807, 2.05) is 19.9 Å². The number of carbonyl (C=O) groups is 2. The number of hydrogen-bond acceptors (Lipinski definition) is 3. The van der Waals surface area contributed by atoms with Crippen molar-refractivity contribution in [2.45, 2.75) is 13.8 Å². The van der Waals surface area contributed by atoms with E-state index in [1.54, 1.807) is 24.3 Å². The third kappa shape index (κ3) is 6.34. The molecule has 2 aromatic carbocycles. The summed E-state index contributed by atoms with van der Waals surface area (Å²) in [6.07, 6.45) is 0. The van der Waals surface area contributed by atoms with Gasteiger partial charge >= 0.3 is 6.03 Å². The number of hydrogen-bond donors (Lipinski definition) is 3. The lowest BCUT2D eigenvalue weighted by molar-refractivity contribution is 0.0954. The number of halogens is 2. The third-order valence-electron chi connectivity index (χ3n) is 3.63. The summed E-state index contributed by atoms with van der Waals surface area (Å²) < 4.78 is 5.41. The Hall–Kier alpha value is -2.44. The van der Waals surface area contributed by atoms with Crippen molar-refractivity contribution in [1.82, 2.24) is 10.6 Å². The molecular formula is C19H21Cl2N3O3. The molecule has 3 amide bonds. The maximum Gasteiger partial charge on any atom is 0.319 e. The summed E-state index contributed by atoms with van der Waals surface area (Å²) in [5.41, 5.74) is 1.98. The van der Waals surface area contributed by atoms with Crippen molar-refractivity contribution >= 4 is 40.8 Å². The van der Waals surface area contributed by atoms with Gasteiger partial charge in [0.2, 0.25) is 0 Å². The van der Waals surface area contributed by atoms with E-state index in [4.69, 9.17) is 27.9 Å². The monoisotopic (exact) mass is 409 g/mol. The molecule has 0 fully saturated rings. The molecule has 2 rings (SSSR count). The number of carbonyl (C=O) groups excluding carboxylic acids is 2. The zero-order valence-corrected chi connectivity index (χ0v) is 16.6. The van der Waals surface area contributed by atoms with Gasteiger partial charge in [-0.25, -0.2) is 4.79 Å². The molecule has 0 atom stereocenters. The average Bonchev–Trinajstić information content (AvgIpc) is 2.63. The van der Waals surface area contributed by atoms with E-state index in [0.29, 0.717) is 27.9 Å². The Morgan fingerprint density at radius 1 is 1.00 bits per heavy atom. The van der Waals surface area contributed by atoms with Crippen LogP contribution in [0.1, 0.15) is 22.8 Å². The van der Waals surface area contributed by atoms with Gasteiger partial charge in [0.1, 0.15) is 5.75 Å². The molecule has 0 unspecified atom stereocenters. The summed E-state index contributed by atoms with van der Waals surface area (Å²) in [6, 6.07) is 9.72. The van der Waals surface area contributed by atoms with Gasteiger partial charge in [0.25, 0.3) is 5.91 Å². The number of anilines is 1. The highest BCUT2D eigenvalue weighted by Crippen LogP contribution is 2.22. The fourth-order valence-corrected chi connectivity index (χ4v) is 2.59. The number of ether oxygens (including phenoxy) is 1. The van der Waals surface area contributed by atoms with Gasteiger partial charge in [-0.15, -0.1) is 0 Å². The highest BCUT2D eigenvalue weighted by molar-refractivity contribution is 6.42. The van der Waals surface area contributed by atoms with Crippen molar-refractivity contribution in [1.29, 1.82) is 0 Å². The molecule has 27 heavy (non-hydrogen) atoms. The van der Waals surface area contributed by atoms with Crippen molar-refractivity contribution in [3.8, 4) is 5.75 Å². The summed E-state index contributed by atoms with van der Waals surface area (Å²) in [6.45, 7) is 4.93. The Morgan fingerprint density at radius 2 is 1.74 bits per heavy atom. The van der Waals surface area contributed by atoms with E-state index in [2.05, 4.69) is 16.0 Å². The number of amides is 3. The van der Waals surface area contributed by atoms with Crippen LogP contribution in [0.4, 0.5) is 10.5 Å². The first-order chi connectivity index (χ1) is 12.9. The van der Waals surface area contributed by atoms with Crippen LogP contribution in [0.2, 0.25) is 10.0 Å². The van der Waals surface area contributed by atoms with E-state index >= 15 is 0 Å². The van der Waals surface area contributed by atoms with Crippen LogP contribution < -0.4 is 20.7 Å². The number of aryl methyl sites for hydroxylation is 1. The molecule has 0 aliphatic heterocycles. The molecule has 0 radical (unpaired) electrons. The SMILES string of the molecule is CCOc1ccc(NC(=O)NCCNC(=O)c2ccc(Cl)c(Cl)c2)c(C)c1. The second-order valence-electron chi connectivity index (χ2n) is 5.68. The Kier molecular flexibility index (Phi) is 7.76.